The molecule has 2 atom stereocenters. The van der Waals surface area contributed by atoms with E-state index in [0.717, 1.165) is 0 Å². The Morgan fingerprint density at radius 1 is 1.88 bits per heavy atom. The fourth-order valence-corrected chi connectivity index (χ4v) is 2.23. The first-order chi connectivity index (χ1) is 3.60. The normalized spacial score (nSPS) is 47.5. The summed E-state index contributed by atoms with van der Waals surface area (Å²) < 4.78 is 15.1. The first-order valence-corrected chi connectivity index (χ1v) is 4.33. The van der Waals surface area contributed by atoms with Crippen LogP contribution in [0.5, 0.6) is 0 Å². The van der Waals surface area contributed by atoms with Crippen molar-refractivity contribution in [1.82, 2.24) is 0 Å². The summed E-state index contributed by atoms with van der Waals surface area (Å²) in [7, 11) is -3.10. The summed E-state index contributed by atoms with van der Waals surface area (Å²) >= 11 is 0. The fraction of sp³-hybridized carbons (Fsp3) is 1.00. The van der Waals surface area contributed by atoms with Gasteiger partial charge in [-0.15, -0.1) is 0 Å². The van der Waals surface area contributed by atoms with Crippen molar-refractivity contribution < 1.29 is 14.0 Å². The Labute approximate surface area is 48.2 Å². The zero-order chi connectivity index (χ0) is 6.20. The SMILES string of the molecule is CC1COP(=O)(O)C1. The third-order valence-electron chi connectivity index (χ3n) is 1.10. The predicted molar refractivity (Wildman–Crippen MR) is 29.8 cm³/mol. The first-order valence-electron chi connectivity index (χ1n) is 2.56. The lowest BCUT2D eigenvalue weighted by Gasteiger charge is -1.96. The molecule has 0 aromatic heterocycles. The lowest BCUT2D eigenvalue weighted by Crippen LogP contribution is -1.93. The molecule has 1 rings (SSSR count). The Morgan fingerprint density at radius 3 is 2.62 bits per heavy atom. The van der Waals surface area contributed by atoms with Crippen LogP contribution < -0.4 is 0 Å². The van der Waals surface area contributed by atoms with Gasteiger partial charge < -0.3 is 9.42 Å². The molecule has 0 bridgehead atoms. The second-order valence-electron chi connectivity index (χ2n) is 2.22. The molecule has 3 nitrogen and oxygen atoms in total. The Bertz CT molecular complexity index is 133. The van der Waals surface area contributed by atoms with Crippen LogP contribution >= 0.6 is 7.60 Å². The molecule has 1 heterocycles. The van der Waals surface area contributed by atoms with Gasteiger partial charge in [0, 0.05) is 0 Å². The summed E-state index contributed by atoms with van der Waals surface area (Å²) in [6.45, 7) is 2.34. The average molecular weight is 136 g/mol. The van der Waals surface area contributed by atoms with Gasteiger partial charge in [0.15, 0.2) is 0 Å². The Balaban J connectivity index is 2.57. The van der Waals surface area contributed by atoms with Crippen molar-refractivity contribution in [2.75, 3.05) is 12.8 Å². The van der Waals surface area contributed by atoms with Gasteiger partial charge in [-0.2, -0.15) is 0 Å². The maximum absolute atomic E-state index is 10.6. The Morgan fingerprint density at radius 2 is 2.50 bits per heavy atom. The van der Waals surface area contributed by atoms with E-state index in [2.05, 4.69) is 4.52 Å². The van der Waals surface area contributed by atoms with Crippen LogP contribution in [0.25, 0.3) is 0 Å². The molecule has 4 heteroatoms. The summed E-state index contributed by atoms with van der Waals surface area (Å²) in [4.78, 5) is 8.70. The highest BCUT2D eigenvalue weighted by Crippen LogP contribution is 2.49. The van der Waals surface area contributed by atoms with E-state index in [-0.39, 0.29) is 5.92 Å². The van der Waals surface area contributed by atoms with Crippen molar-refractivity contribution in [1.29, 1.82) is 0 Å². The molecule has 0 aromatic carbocycles. The quantitative estimate of drug-likeness (QED) is 0.502. The minimum Gasteiger partial charge on any atom is -0.324 e. The summed E-state index contributed by atoms with van der Waals surface area (Å²) in [6, 6.07) is 0. The molecule has 1 aliphatic heterocycles. The summed E-state index contributed by atoms with van der Waals surface area (Å²) in [5.41, 5.74) is 0. The van der Waals surface area contributed by atoms with E-state index in [0.29, 0.717) is 12.8 Å². The van der Waals surface area contributed by atoms with Gasteiger partial charge in [-0.25, -0.2) is 0 Å². The lowest BCUT2D eigenvalue weighted by atomic mass is 10.2. The van der Waals surface area contributed by atoms with Crippen LogP contribution in [0.3, 0.4) is 0 Å². The summed E-state index contributed by atoms with van der Waals surface area (Å²) in [5.74, 6) is 0.255. The minimum absolute atomic E-state index is 0.255. The van der Waals surface area contributed by atoms with Gasteiger partial charge in [-0.05, 0) is 5.92 Å². The third-order valence-corrected chi connectivity index (χ3v) is 2.74. The standard InChI is InChI=1S/C4H9O3P/c1-4-2-7-8(5,6)3-4/h4H,2-3H2,1H3,(H,5,6). The van der Waals surface area contributed by atoms with Crippen LogP contribution in [0.15, 0.2) is 0 Å². The monoisotopic (exact) mass is 136 g/mol. The number of rotatable bonds is 0. The van der Waals surface area contributed by atoms with Gasteiger partial charge >= 0.3 is 7.60 Å². The maximum Gasteiger partial charge on any atom is 0.328 e. The van der Waals surface area contributed by atoms with Gasteiger partial charge in [0.05, 0.1) is 12.8 Å². The molecule has 8 heavy (non-hydrogen) atoms. The molecule has 0 radical (unpaired) electrons. The average Bonchev–Trinajstić information content (AvgIpc) is 1.82. The van der Waals surface area contributed by atoms with Gasteiger partial charge in [0.2, 0.25) is 0 Å². The van der Waals surface area contributed by atoms with Crippen molar-refractivity contribution in [2.45, 2.75) is 6.92 Å². The third kappa shape index (κ3) is 1.31. The van der Waals surface area contributed by atoms with Gasteiger partial charge in [-0.3, -0.25) is 4.57 Å². The highest BCUT2D eigenvalue weighted by Gasteiger charge is 2.30. The second kappa shape index (κ2) is 1.83. The molecule has 0 aliphatic carbocycles. The highest BCUT2D eigenvalue weighted by molar-refractivity contribution is 7.53. The van der Waals surface area contributed by atoms with Gasteiger partial charge in [0.1, 0.15) is 0 Å². The highest BCUT2D eigenvalue weighted by atomic mass is 31.2. The molecule has 0 aromatic rings. The maximum atomic E-state index is 10.6. The van der Waals surface area contributed by atoms with E-state index < -0.39 is 7.60 Å². The zero-order valence-corrected chi connectivity index (χ0v) is 5.60. The molecule has 1 fully saturated rings. The van der Waals surface area contributed by atoms with Crippen LogP contribution in [-0.4, -0.2) is 17.7 Å². The predicted octanol–water partition coefficient (Wildman–Crippen LogP) is 0.838. The molecule has 48 valence electrons. The van der Waals surface area contributed by atoms with Gasteiger partial charge in [0.25, 0.3) is 0 Å². The molecule has 0 amide bonds. The van der Waals surface area contributed by atoms with Crippen LogP contribution in [0.2, 0.25) is 0 Å². The van der Waals surface area contributed by atoms with E-state index >= 15 is 0 Å². The minimum atomic E-state index is -3.10. The largest absolute Gasteiger partial charge is 0.328 e. The van der Waals surface area contributed by atoms with E-state index in [1.807, 2.05) is 6.92 Å². The molecule has 1 saturated heterocycles. The van der Waals surface area contributed by atoms with Crippen molar-refractivity contribution in [3.05, 3.63) is 0 Å². The molecule has 1 aliphatic rings. The van der Waals surface area contributed by atoms with E-state index in [1.54, 1.807) is 0 Å². The molecule has 2 unspecified atom stereocenters. The van der Waals surface area contributed by atoms with E-state index in [9.17, 15) is 4.57 Å². The second-order valence-corrected chi connectivity index (χ2v) is 4.12. The van der Waals surface area contributed by atoms with Crippen molar-refractivity contribution in [3.63, 3.8) is 0 Å². The van der Waals surface area contributed by atoms with Crippen LogP contribution in [0.4, 0.5) is 0 Å². The fourth-order valence-electron chi connectivity index (χ4n) is 0.743. The molecule has 1 N–H and O–H groups in total. The summed E-state index contributed by atoms with van der Waals surface area (Å²) in [5, 5.41) is 0. The summed E-state index contributed by atoms with van der Waals surface area (Å²) in [6.07, 6.45) is 0.326. The number of hydrogen-bond donors (Lipinski definition) is 1. The van der Waals surface area contributed by atoms with Crippen LogP contribution in [0.1, 0.15) is 6.92 Å². The Kier molecular flexibility index (Phi) is 1.44. The van der Waals surface area contributed by atoms with Crippen LogP contribution in [0, 0.1) is 5.92 Å². The van der Waals surface area contributed by atoms with Crippen molar-refractivity contribution in [2.24, 2.45) is 5.92 Å². The Hall–Kier alpha value is 0.150. The van der Waals surface area contributed by atoms with E-state index in [1.165, 1.54) is 0 Å². The van der Waals surface area contributed by atoms with Crippen molar-refractivity contribution in [3.8, 4) is 0 Å². The van der Waals surface area contributed by atoms with Crippen LogP contribution in [-0.2, 0) is 9.09 Å². The number of hydrogen-bond acceptors (Lipinski definition) is 2. The topological polar surface area (TPSA) is 46.5 Å². The molecule has 0 saturated carbocycles. The smallest absolute Gasteiger partial charge is 0.324 e. The molecular weight excluding hydrogens is 127 g/mol. The molecule has 0 spiro atoms. The molecular formula is C4H9O3P. The first kappa shape index (κ1) is 6.27. The van der Waals surface area contributed by atoms with E-state index in [4.69, 9.17) is 4.89 Å². The van der Waals surface area contributed by atoms with Gasteiger partial charge in [-0.1, -0.05) is 6.92 Å². The zero-order valence-electron chi connectivity index (χ0n) is 4.70. The lowest BCUT2D eigenvalue weighted by molar-refractivity contribution is 0.278. The van der Waals surface area contributed by atoms with Crippen molar-refractivity contribution >= 4 is 7.60 Å².